The number of amides is 3. The van der Waals surface area contributed by atoms with E-state index >= 15 is 0 Å². The van der Waals surface area contributed by atoms with Crippen molar-refractivity contribution in [3.05, 3.63) is 108 Å². The van der Waals surface area contributed by atoms with E-state index in [0.29, 0.717) is 26.1 Å². The van der Waals surface area contributed by atoms with E-state index in [9.17, 15) is 9.59 Å². The molecule has 6 heteroatoms. The first kappa shape index (κ1) is 24.1. The first-order valence-electron chi connectivity index (χ1n) is 13.0. The van der Waals surface area contributed by atoms with Gasteiger partial charge < -0.3 is 20.0 Å². The van der Waals surface area contributed by atoms with E-state index in [1.807, 2.05) is 40.1 Å². The molecule has 0 aliphatic carbocycles. The number of hydrogen-bond acceptors (Lipinski definition) is 2. The lowest BCUT2D eigenvalue weighted by Gasteiger charge is -2.37. The summed E-state index contributed by atoms with van der Waals surface area (Å²) < 4.78 is 0. The van der Waals surface area contributed by atoms with Crippen molar-refractivity contribution >= 4 is 11.9 Å². The highest BCUT2D eigenvalue weighted by atomic mass is 16.2. The molecule has 0 bridgehead atoms. The Morgan fingerprint density at radius 3 is 2.00 bits per heavy atom. The molecule has 6 nitrogen and oxygen atoms in total. The van der Waals surface area contributed by atoms with Crippen LogP contribution in [0.2, 0.25) is 0 Å². The summed E-state index contributed by atoms with van der Waals surface area (Å²) in [4.78, 5) is 30.7. The maximum absolute atomic E-state index is 12.9. The van der Waals surface area contributed by atoms with Gasteiger partial charge in [-0.3, -0.25) is 4.79 Å². The number of carbonyl (C=O) groups excluding carboxylic acids is 2. The lowest BCUT2D eigenvalue weighted by atomic mass is 9.96. The van der Waals surface area contributed by atoms with Crippen molar-refractivity contribution in [3.8, 4) is 0 Å². The predicted molar refractivity (Wildman–Crippen MR) is 140 cm³/mol. The van der Waals surface area contributed by atoms with Gasteiger partial charge in [0.25, 0.3) is 0 Å². The van der Waals surface area contributed by atoms with Crippen LogP contribution >= 0.6 is 0 Å². The van der Waals surface area contributed by atoms with Gasteiger partial charge in [0.05, 0.1) is 26.2 Å². The molecule has 0 radical (unpaired) electrons. The van der Waals surface area contributed by atoms with Crippen LogP contribution in [0.3, 0.4) is 0 Å². The molecule has 186 valence electrons. The minimum Gasteiger partial charge on any atom is -0.338 e. The van der Waals surface area contributed by atoms with Crippen LogP contribution in [0.25, 0.3) is 0 Å². The minimum atomic E-state index is -0.0148. The van der Waals surface area contributed by atoms with Crippen LogP contribution in [0.15, 0.2) is 91.0 Å². The van der Waals surface area contributed by atoms with Crippen molar-refractivity contribution in [2.75, 3.05) is 39.3 Å². The number of nitrogens with zero attached hydrogens (tertiary/aromatic N) is 2. The van der Waals surface area contributed by atoms with Crippen LogP contribution in [-0.4, -0.2) is 61.0 Å². The van der Waals surface area contributed by atoms with Crippen molar-refractivity contribution in [1.82, 2.24) is 15.1 Å². The van der Waals surface area contributed by atoms with Crippen molar-refractivity contribution in [1.29, 1.82) is 0 Å². The molecule has 5 rings (SSSR count). The fourth-order valence-electron chi connectivity index (χ4n) is 5.53. The van der Waals surface area contributed by atoms with Crippen LogP contribution in [0.1, 0.15) is 29.2 Å². The van der Waals surface area contributed by atoms with Crippen LogP contribution < -0.4 is 10.2 Å². The molecule has 2 N–H and O–H groups in total. The summed E-state index contributed by atoms with van der Waals surface area (Å²) in [7, 11) is 0. The summed E-state index contributed by atoms with van der Waals surface area (Å²) in [5, 5.41) is 3.11. The summed E-state index contributed by atoms with van der Waals surface area (Å²) in [6, 6.07) is 31.6. The molecule has 3 aromatic rings. The Bertz CT molecular complexity index is 1090. The third-order valence-corrected chi connectivity index (χ3v) is 7.42. The Balaban J connectivity index is 1.12. The zero-order valence-corrected chi connectivity index (χ0v) is 20.7. The molecule has 2 heterocycles. The first-order chi connectivity index (χ1) is 17.7. The van der Waals surface area contributed by atoms with Gasteiger partial charge in [-0.15, -0.1) is 0 Å². The summed E-state index contributed by atoms with van der Waals surface area (Å²) >= 11 is 0. The molecular weight excluding hydrogens is 448 g/mol. The number of carbonyl (C=O) groups is 2. The predicted octanol–water partition coefficient (Wildman–Crippen LogP) is 2.73. The van der Waals surface area contributed by atoms with E-state index < -0.39 is 0 Å². The van der Waals surface area contributed by atoms with Gasteiger partial charge in [-0.05, 0) is 5.56 Å². The summed E-state index contributed by atoms with van der Waals surface area (Å²) in [6.07, 6.45) is 0.501. The van der Waals surface area contributed by atoms with Crippen LogP contribution in [0.5, 0.6) is 0 Å². The number of nitrogens with one attached hydrogen (secondary N) is 2. The second-order valence-electron chi connectivity index (χ2n) is 9.92. The maximum Gasteiger partial charge on any atom is 0.317 e. The summed E-state index contributed by atoms with van der Waals surface area (Å²) in [5.74, 6) is 0.334. The summed E-state index contributed by atoms with van der Waals surface area (Å²) in [6.45, 7) is 5.12. The Labute approximate surface area is 213 Å². The third kappa shape index (κ3) is 5.77. The standard InChI is InChI=1S/C30H34N4O2/c35-28-20-25(23-34(28)22-24-10-4-1-5-11-24)21-31-30(36)33-18-16-32(17-19-33)29(26-12-6-2-7-13-26)27-14-8-3-9-15-27/h1-15,25,29H,16-23H2,(H,31,36)/p+1/t25-/m0/s1. The number of likely N-dealkylation sites (tertiary alicyclic amines) is 1. The van der Waals surface area contributed by atoms with Gasteiger partial charge in [-0.2, -0.15) is 0 Å². The lowest BCUT2D eigenvalue weighted by molar-refractivity contribution is -0.929. The van der Waals surface area contributed by atoms with E-state index in [1.165, 1.54) is 16.0 Å². The molecule has 0 unspecified atom stereocenters. The van der Waals surface area contributed by atoms with Gasteiger partial charge in [0.2, 0.25) is 5.91 Å². The van der Waals surface area contributed by atoms with Crippen molar-refractivity contribution in [2.45, 2.75) is 19.0 Å². The largest absolute Gasteiger partial charge is 0.338 e. The smallest absolute Gasteiger partial charge is 0.317 e. The average molecular weight is 484 g/mol. The van der Waals surface area contributed by atoms with Crippen LogP contribution in [0, 0.1) is 5.92 Å². The molecule has 0 spiro atoms. The van der Waals surface area contributed by atoms with Gasteiger partial charge in [0.15, 0.2) is 0 Å². The second-order valence-corrected chi connectivity index (χ2v) is 9.92. The minimum absolute atomic E-state index is 0.0148. The molecule has 0 saturated carbocycles. The highest BCUT2D eigenvalue weighted by Crippen LogP contribution is 2.21. The van der Waals surface area contributed by atoms with Crippen molar-refractivity contribution in [3.63, 3.8) is 0 Å². The topological polar surface area (TPSA) is 57.1 Å². The Morgan fingerprint density at radius 2 is 1.42 bits per heavy atom. The van der Waals surface area contributed by atoms with E-state index in [0.717, 1.165) is 31.7 Å². The molecule has 36 heavy (non-hydrogen) atoms. The number of quaternary nitrogens is 1. The Hall–Kier alpha value is -3.64. The molecule has 1 atom stereocenters. The Morgan fingerprint density at radius 1 is 0.861 bits per heavy atom. The van der Waals surface area contributed by atoms with E-state index in [4.69, 9.17) is 0 Å². The zero-order valence-electron chi connectivity index (χ0n) is 20.7. The molecule has 2 aliphatic heterocycles. The fourth-order valence-corrected chi connectivity index (χ4v) is 5.53. The molecular formula is C30H35N4O2+. The summed E-state index contributed by atoms with van der Waals surface area (Å²) in [5.41, 5.74) is 3.75. The number of rotatable bonds is 7. The normalized spacial score (nSPS) is 18.6. The van der Waals surface area contributed by atoms with Crippen molar-refractivity contribution < 1.29 is 14.5 Å². The second kappa shape index (κ2) is 11.4. The number of piperazine rings is 1. The maximum atomic E-state index is 12.9. The first-order valence-corrected chi connectivity index (χ1v) is 13.0. The molecule has 2 aliphatic rings. The highest BCUT2D eigenvalue weighted by molar-refractivity contribution is 5.79. The molecule has 3 aromatic carbocycles. The van der Waals surface area contributed by atoms with Gasteiger partial charge in [-0.25, -0.2) is 4.79 Å². The van der Waals surface area contributed by atoms with Crippen LogP contribution in [0.4, 0.5) is 4.79 Å². The van der Waals surface area contributed by atoms with E-state index in [2.05, 4.69) is 66.0 Å². The van der Waals surface area contributed by atoms with Crippen LogP contribution in [-0.2, 0) is 11.3 Å². The van der Waals surface area contributed by atoms with Crippen molar-refractivity contribution in [2.24, 2.45) is 5.92 Å². The SMILES string of the molecule is O=C1C[C@@H](CNC(=O)N2CC[NH+](C(c3ccccc3)c3ccccc3)CC2)CN1Cc1ccccc1. The Kier molecular flexibility index (Phi) is 7.62. The molecule has 0 aromatic heterocycles. The molecule has 2 fully saturated rings. The quantitative estimate of drug-likeness (QED) is 0.543. The zero-order chi connectivity index (χ0) is 24.7. The van der Waals surface area contributed by atoms with Gasteiger partial charge >= 0.3 is 6.03 Å². The van der Waals surface area contributed by atoms with Gasteiger partial charge in [0, 0.05) is 43.1 Å². The number of hydrogen-bond donors (Lipinski definition) is 2. The van der Waals surface area contributed by atoms with E-state index in [1.54, 1.807) is 0 Å². The highest BCUT2D eigenvalue weighted by Gasteiger charge is 2.33. The third-order valence-electron chi connectivity index (χ3n) is 7.42. The van der Waals surface area contributed by atoms with E-state index in [-0.39, 0.29) is 23.9 Å². The van der Waals surface area contributed by atoms with Gasteiger partial charge in [0.1, 0.15) is 6.04 Å². The molecule has 2 saturated heterocycles. The average Bonchev–Trinajstić information content (AvgIpc) is 3.28. The van der Waals surface area contributed by atoms with Gasteiger partial charge in [-0.1, -0.05) is 91.0 Å². The molecule has 3 amide bonds. The monoisotopic (exact) mass is 483 g/mol. The number of benzene rings is 3. The lowest BCUT2D eigenvalue weighted by Crippen LogP contribution is -3.15. The fraction of sp³-hybridized carbons (Fsp3) is 0.333. The number of urea groups is 1.